The molecule has 1 aromatic carbocycles. The van der Waals surface area contributed by atoms with E-state index < -0.39 is 0 Å². The average Bonchev–Trinajstić information content (AvgIpc) is 2.97. The van der Waals surface area contributed by atoms with Gasteiger partial charge in [-0.3, -0.25) is 4.79 Å². The van der Waals surface area contributed by atoms with Crippen LogP contribution < -0.4 is 0 Å². The number of likely N-dealkylation sites (tertiary alicyclic amines) is 1. The zero-order chi connectivity index (χ0) is 13.9. The first-order valence-corrected chi connectivity index (χ1v) is 6.63. The third kappa shape index (κ3) is 2.54. The normalized spacial score (nSPS) is 15.3. The Labute approximate surface area is 115 Å². The lowest BCUT2D eigenvalue weighted by molar-refractivity contribution is 0.0684. The van der Waals surface area contributed by atoms with Crippen LogP contribution in [0.1, 0.15) is 29.9 Å². The Morgan fingerprint density at radius 2 is 2.00 bits per heavy atom. The van der Waals surface area contributed by atoms with Crippen molar-refractivity contribution in [1.29, 1.82) is 0 Å². The van der Waals surface area contributed by atoms with E-state index in [9.17, 15) is 9.18 Å². The van der Waals surface area contributed by atoms with Gasteiger partial charge in [-0.05, 0) is 37.5 Å². The van der Waals surface area contributed by atoms with Crippen LogP contribution in [0.3, 0.4) is 0 Å². The molecule has 0 spiro atoms. The van der Waals surface area contributed by atoms with Crippen molar-refractivity contribution in [2.45, 2.75) is 19.3 Å². The highest BCUT2D eigenvalue weighted by Gasteiger charge is 2.23. The maximum Gasteiger partial charge on any atom is 0.311 e. The van der Waals surface area contributed by atoms with Gasteiger partial charge < -0.3 is 9.32 Å². The van der Waals surface area contributed by atoms with Crippen LogP contribution >= 0.6 is 0 Å². The molecule has 0 aliphatic carbocycles. The SMILES string of the molecule is O=C(c1nnc(-c2cccc(F)c2)o1)N1CCCCC1. The standard InChI is InChI=1S/C14H14FN3O2/c15-11-6-4-5-10(9-11)12-16-17-13(20-12)14(19)18-7-2-1-3-8-18/h4-6,9H,1-3,7-8H2. The van der Waals surface area contributed by atoms with Gasteiger partial charge in [-0.1, -0.05) is 6.07 Å². The number of halogens is 1. The lowest BCUT2D eigenvalue weighted by Crippen LogP contribution is -2.35. The lowest BCUT2D eigenvalue weighted by Gasteiger charge is -2.24. The number of amides is 1. The van der Waals surface area contributed by atoms with Crippen molar-refractivity contribution in [1.82, 2.24) is 15.1 Å². The summed E-state index contributed by atoms with van der Waals surface area (Å²) >= 11 is 0. The van der Waals surface area contributed by atoms with Gasteiger partial charge in [0.25, 0.3) is 0 Å². The molecule has 0 bridgehead atoms. The van der Waals surface area contributed by atoms with Gasteiger partial charge in [-0.2, -0.15) is 0 Å². The second kappa shape index (κ2) is 5.40. The Balaban J connectivity index is 1.81. The molecule has 6 heteroatoms. The highest BCUT2D eigenvalue weighted by atomic mass is 19.1. The molecule has 1 saturated heterocycles. The van der Waals surface area contributed by atoms with E-state index in [1.54, 1.807) is 17.0 Å². The number of piperidine rings is 1. The van der Waals surface area contributed by atoms with Crippen molar-refractivity contribution in [3.63, 3.8) is 0 Å². The Hall–Kier alpha value is -2.24. The Morgan fingerprint density at radius 1 is 1.20 bits per heavy atom. The fourth-order valence-corrected chi connectivity index (χ4v) is 2.28. The van der Waals surface area contributed by atoms with Gasteiger partial charge in [0.05, 0.1) is 0 Å². The quantitative estimate of drug-likeness (QED) is 0.845. The largest absolute Gasteiger partial charge is 0.412 e. The number of hydrogen-bond acceptors (Lipinski definition) is 4. The van der Waals surface area contributed by atoms with Crippen LogP contribution in [0.25, 0.3) is 11.5 Å². The highest BCUT2D eigenvalue weighted by molar-refractivity contribution is 5.89. The second-order valence-electron chi connectivity index (χ2n) is 4.78. The van der Waals surface area contributed by atoms with Crippen LogP contribution in [0.5, 0.6) is 0 Å². The number of rotatable bonds is 2. The Kier molecular flexibility index (Phi) is 3.45. The third-order valence-electron chi connectivity index (χ3n) is 3.32. The first-order chi connectivity index (χ1) is 9.74. The van der Waals surface area contributed by atoms with Crippen molar-refractivity contribution < 1.29 is 13.6 Å². The van der Waals surface area contributed by atoms with E-state index in [4.69, 9.17) is 4.42 Å². The predicted molar refractivity (Wildman–Crippen MR) is 69.4 cm³/mol. The van der Waals surface area contributed by atoms with Crippen molar-refractivity contribution in [2.75, 3.05) is 13.1 Å². The fourth-order valence-electron chi connectivity index (χ4n) is 2.28. The second-order valence-corrected chi connectivity index (χ2v) is 4.78. The predicted octanol–water partition coefficient (Wildman–Crippen LogP) is 2.50. The molecular weight excluding hydrogens is 261 g/mol. The van der Waals surface area contributed by atoms with Crippen molar-refractivity contribution in [3.05, 3.63) is 36.0 Å². The molecule has 2 aromatic rings. The number of carbonyl (C=O) groups excluding carboxylic acids is 1. The van der Waals surface area contributed by atoms with Gasteiger partial charge in [0, 0.05) is 18.7 Å². The number of nitrogens with zero attached hydrogens (tertiary/aromatic N) is 3. The molecule has 0 atom stereocenters. The molecule has 3 rings (SSSR count). The molecule has 5 nitrogen and oxygen atoms in total. The van der Waals surface area contributed by atoms with Crippen LogP contribution in [0.15, 0.2) is 28.7 Å². The van der Waals surface area contributed by atoms with Crippen LogP contribution in [0.4, 0.5) is 4.39 Å². The minimum Gasteiger partial charge on any atom is -0.412 e. The summed E-state index contributed by atoms with van der Waals surface area (Å²) in [5.41, 5.74) is 0.468. The summed E-state index contributed by atoms with van der Waals surface area (Å²) in [5.74, 6) is -0.513. The minimum atomic E-state index is -0.385. The maximum atomic E-state index is 13.1. The van der Waals surface area contributed by atoms with Crippen LogP contribution in [0, 0.1) is 5.82 Å². The fraction of sp³-hybridized carbons (Fsp3) is 0.357. The average molecular weight is 275 g/mol. The van der Waals surface area contributed by atoms with Gasteiger partial charge in [0.1, 0.15) is 5.82 Å². The smallest absolute Gasteiger partial charge is 0.311 e. The van der Waals surface area contributed by atoms with E-state index in [2.05, 4.69) is 10.2 Å². The Morgan fingerprint density at radius 3 is 2.75 bits per heavy atom. The van der Waals surface area contributed by atoms with Crippen molar-refractivity contribution >= 4 is 5.91 Å². The zero-order valence-electron chi connectivity index (χ0n) is 10.9. The van der Waals surface area contributed by atoms with E-state index in [0.717, 1.165) is 32.4 Å². The van der Waals surface area contributed by atoms with Gasteiger partial charge in [0.15, 0.2) is 0 Å². The monoisotopic (exact) mass is 275 g/mol. The molecule has 1 fully saturated rings. The van der Waals surface area contributed by atoms with Crippen molar-refractivity contribution in [3.8, 4) is 11.5 Å². The molecule has 0 unspecified atom stereocenters. The van der Waals surface area contributed by atoms with Crippen molar-refractivity contribution in [2.24, 2.45) is 0 Å². The number of hydrogen-bond donors (Lipinski definition) is 0. The summed E-state index contributed by atoms with van der Waals surface area (Å²) in [6.45, 7) is 1.44. The molecule has 20 heavy (non-hydrogen) atoms. The van der Waals surface area contributed by atoms with Crippen LogP contribution in [-0.2, 0) is 0 Å². The van der Waals surface area contributed by atoms with Gasteiger partial charge in [-0.15, -0.1) is 10.2 Å². The molecular formula is C14H14FN3O2. The summed E-state index contributed by atoms with van der Waals surface area (Å²) in [7, 11) is 0. The number of aromatic nitrogens is 2. The summed E-state index contributed by atoms with van der Waals surface area (Å²) in [4.78, 5) is 13.9. The third-order valence-corrected chi connectivity index (χ3v) is 3.32. The molecule has 2 heterocycles. The summed E-state index contributed by atoms with van der Waals surface area (Å²) in [6.07, 6.45) is 3.13. The summed E-state index contributed by atoms with van der Waals surface area (Å²) in [5, 5.41) is 7.58. The summed E-state index contributed by atoms with van der Waals surface area (Å²) in [6, 6.07) is 5.84. The first kappa shape index (κ1) is 12.8. The molecule has 0 radical (unpaired) electrons. The molecule has 0 saturated carbocycles. The first-order valence-electron chi connectivity index (χ1n) is 6.63. The zero-order valence-corrected chi connectivity index (χ0v) is 10.9. The Bertz CT molecular complexity index is 620. The van der Waals surface area contributed by atoms with Gasteiger partial charge in [0.2, 0.25) is 5.89 Å². The van der Waals surface area contributed by atoms with E-state index in [-0.39, 0.29) is 23.5 Å². The highest BCUT2D eigenvalue weighted by Crippen LogP contribution is 2.20. The van der Waals surface area contributed by atoms with E-state index in [0.29, 0.717) is 5.56 Å². The minimum absolute atomic E-state index is 0.0360. The lowest BCUT2D eigenvalue weighted by atomic mass is 10.1. The molecule has 1 amide bonds. The molecule has 104 valence electrons. The van der Waals surface area contributed by atoms with Gasteiger partial charge >= 0.3 is 11.8 Å². The molecule has 0 N–H and O–H groups in total. The number of carbonyl (C=O) groups is 1. The van der Waals surface area contributed by atoms with E-state index in [1.165, 1.54) is 12.1 Å². The molecule has 1 aromatic heterocycles. The molecule has 1 aliphatic rings. The van der Waals surface area contributed by atoms with E-state index in [1.807, 2.05) is 0 Å². The topological polar surface area (TPSA) is 59.2 Å². The molecule has 1 aliphatic heterocycles. The maximum absolute atomic E-state index is 13.1. The summed E-state index contributed by atoms with van der Waals surface area (Å²) < 4.78 is 18.5. The number of benzene rings is 1. The van der Waals surface area contributed by atoms with Crippen LogP contribution in [0.2, 0.25) is 0 Å². The van der Waals surface area contributed by atoms with Gasteiger partial charge in [-0.25, -0.2) is 4.39 Å². The van der Waals surface area contributed by atoms with Crippen LogP contribution in [-0.4, -0.2) is 34.1 Å². The van der Waals surface area contributed by atoms with E-state index >= 15 is 0 Å².